The molecule has 0 saturated carbocycles. The van der Waals surface area contributed by atoms with E-state index in [-0.39, 0.29) is 0 Å². The number of aromatic amines is 1. The molecule has 2 aromatic heterocycles. The van der Waals surface area contributed by atoms with Crippen LogP contribution in [0.4, 0.5) is 5.82 Å². The molecule has 27 heavy (non-hydrogen) atoms. The Kier molecular flexibility index (Phi) is 4.22. The van der Waals surface area contributed by atoms with Crippen LogP contribution in [0, 0.1) is 0 Å². The predicted octanol–water partition coefficient (Wildman–Crippen LogP) is 4.29. The number of anilines is 1. The molecule has 0 unspecified atom stereocenters. The van der Waals surface area contributed by atoms with Crippen molar-refractivity contribution in [2.45, 2.75) is 12.8 Å². The van der Waals surface area contributed by atoms with E-state index in [1.54, 1.807) is 0 Å². The lowest BCUT2D eigenvalue weighted by Crippen LogP contribution is -2.26. The van der Waals surface area contributed by atoms with Crippen LogP contribution in [0.15, 0.2) is 54.6 Å². The number of H-pyrrole nitrogens is 1. The van der Waals surface area contributed by atoms with Gasteiger partial charge < -0.3 is 15.2 Å². The van der Waals surface area contributed by atoms with Crippen molar-refractivity contribution in [3.05, 3.63) is 54.6 Å². The number of benzene rings is 2. The molecule has 0 atom stereocenters. The van der Waals surface area contributed by atoms with Crippen molar-refractivity contribution in [3.8, 4) is 11.4 Å². The Bertz CT molecular complexity index is 1050. The Hall–Kier alpha value is -2.92. The van der Waals surface area contributed by atoms with Crippen molar-refractivity contribution in [3.63, 3.8) is 0 Å². The number of likely N-dealkylation sites (tertiary alicyclic amines) is 1. The number of nitrogens with zero attached hydrogens (tertiary/aromatic N) is 3. The first-order chi connectivity index (χ1) is 13.4. The van der Waals surface area contributed by atoms with Crippen LogP contribution in [0.2, 0.25) is 0 Å². The molecule has 2 aromatic carbocycles. The van der Waals surface area contributed by atoms with Gasteiger partial charge in [-0.05, 0) is 50.2 Å². The first-order valence-corrected chi connectivity index (χ1v) is 9.68. The molecular formula is C22H23N5. The summed E-state index contributed by atoms with van der Waals surface area (Å²) in [4.78, 5) is 15.6. The van der Waals surface area contributed by atoms with Crippen LogP contribution in [-0.4, -0.2) is 46.0 Å². The molecule has 1 aliphatic heterocycles. The Morgan fingerprint density at radius 2 is 1.70 bits per heavy atom. The summed E-state index contributed by atoms with van der Waals surface area (Å²) < 4.78 is 0. The van der Waals surface area contributed by atoms with E-state index in [0.717, 1.165) is 52.2 Å². The third-order valence-electron chi connectivity index (χ3n) is 5.29. The minimum absolute atomic E-state index is 0.859. The number of pyridine rings is 1. The van der Waals surface area contributed by atoms with Crippen molar-refractivity contribution in [1.82, 2.24) is 19.9 Å². The maximum atomic E-state index is 4.90. The van der Waals surface area contributed by atoms with Crippen molar-refractivity contribution in [2.75, 3.05) is 31.5 Å². The standard InChI is InChI=1S/C22H23N5/c1-2-8-18-16(7-1)15-17(22-25-19-9-3-4-10-20(19)26-22)21(24-18)23-11-14-27-12-5-6-13-27/h1-4,7-10,15H,5-6,11-14H2,(H,23,24)(H,25,26). The van der Waals surface area contributed by atoms with E-state index < -0.39 is 0 Å². The molecule has 0 radical (unpaired) electrons. The number of fused-ring (bicyclic) bond motifs is 2. The molecule has 2 N–H and O–H groups in total. The number of para-hydroxylation sites is 3. The molecule has 0 spiro atoms. The highest BCUT2D eigenvalue weighted by Crippen LogP contribution is 2.29. The molecule has 0 amide bonds. The zero-order chi connectivity index (χ0) is 18.1. The van der Waals surface area contributed by atoms with Crippen molar-refractivity contribution >= 4 is 27.8 Å². The average molecular weight is 357 g/mol. The van der Waals surface area contributed by atoms with Crippen molar-refractivity contribution < 1.29 is 0 Å². The third kappa shape index (κ3) is 3.26. The topological polar surface area (TPSA) is 56.8 Å². The van der Waals surface area contributed by atoms with Gasteiger partial charge in [0.1, 0.15) is 11.6 Å². The minimum atomic E-state index is 0.859. The van der Waals surface area contributed by atoms with Gasteiger partial charge in [-0.15, -0.1) is 0 Å². The molecule has 5 rings (SSSR count). The number of hydrogen-bond acceptors (Lipinski definition) is 4. The van der Waals surface area contributed by atoms with Crippen LogP contribution in [0.3, 0.4) is 0 Å². The maximum Gasteiger partial charge on any atom is 0.142 e. The molecular weight excluding hydrogens is 334 g/mol. The molecule has 5 heteroatoms. The van der Waals surface area contributed by atoms with E-state index in [2.05, 4.69) is 39.5 Å². The van der Waals surface area contributed by atoms with Gasteiger partial charge in [-0.3, -0.25) is 0 Å². The Balaban J connectivity index is 1.51. The molecule has 5 nitrogen and oxygen atoms in total. The molecule has 4 aromatic rings. The highest BCUT2D eigenvalue weighted by Gasteiger charge is 2.14. The lowest BCUT2D eigenvalue weighted by atomic mass is 10.1. The SMILES string of the molecule is c1ccc2nc(NCCN3CCCC3)c(-c3nc4ccccc4[nH]3)cc2c1. The monoisotopic (exact) mass is 357 g/mol. The second-order valence-electron chi connectivity index (χ2n) is 7.16. The van der Waals surface area contributed by atoms with E-state index in [4.69, 9.17) is 9.97 Å². The van der Waals surface area contributed by atoms with Gasteiger partial charge in [-0.1, -0.05) is 30.3 Å². The number of aromatic nitrogens is 3. The zero-order valence-electron chi connectivity index (χ0n) is 15.3. The Morgan fingerprint density at radius 3 is 2.56 bits per heavy atom. The normalized spacial score (nSPS) is 15.0. The van der Waals surface area contributed by atoms with Gasteiger partial charge in [0.25, 0.3) is 0 Å². The molecule has 0 bridgehead atoms. The fourth-order valence-electron chi connectivity index (χ4n) is 3.85. The van der Waals surface area contributed by atoms with E-state index in [1.165, 1.54) is 25.9 Å². The lowest BCUT2D eigenvalue weighted by molar-refractivity contribution is 0.352. The Morgan fingerprint density at radius 1 is 0.926 bits per heavy atom. The fourth-order valence-corrected chi connectivity index (χ4v) is 3.85. The lowest BCUT2D eigenvalue weighted by Gasteiger charge is -2.16. The highest BCUT2D eigenvalue weighted by molar-refractivity contribution is 5.90. The van der Waals surface area contributed by atoms with E-state index in [1.807, 2.05) is 30.3 Å². The molecule has 1 fully saturated rings. The largest absolute Gasteiger partial charge is 0.368 e. The summed E-state index contributed by atoms with van der Waals surface area (Å²) in [5.41, 5.74) is 4.04. The number of nitrogens with one attached hydrogen (secondary N) is 2. The molecule has 1 saturated heterocycles. The summed E-state index contributed by atoms with van der Waals surface area (Å²) in [6.45, 7) is 4.36. The van der Waals surface area contributed by atoms with Crippen molar-refractivity contribution in [1.29, 1.82) is 0 Å². The maximum absolute atomic E-state index is 4.90. The smallest absolute Gasteiger partial charge is 0.142 e. The molecule has 136 valence electrons. The van der Waals surface area contributed by atoms with Crippen LogP contribution in [-0.2, 0) is 0 Å². The van der Waals surface area contributed by atoms with Crippen LogP contribution < -0.4 is 5.32 Å². The summed E-state index contributed by atoms with van der Waals surface area (Å²) in [7, 11) is 0. The fraction of sp³-hybridized carbons (Fsp3) is 0.273. The first-order valence-electron chi connectivity index (χ1n) is 9.68. The van der Waals surface area contributed by atoms with Gasteiger partial charge in [-0.25, -0.2) is 9.97 Å². The van der Waals surface area contributed by atoms with E-state index in [0.29, 0.717) is 0 Å². The van der Waals surface area contributed by atoms with Gasteiger partial charge >= 0.3 is 0 Å². The summed E-state index contributed by atoms with van der Waals surface area (Å²) in [5, 5.41) is 4.69. The van der Waals surface area contributed by atoms with Crippen LogP contribution in [0.25, 0.3) is 33.3 Å². The van der Waals surface area contributed by atoms with E-state index in [9.17, 15) is 0 Å². The first kappa shape index (κ1) is 16.3. The average Bonchev–Trinajstić information content (AvgIpc) is 3.37. The van der Waals surface area contributed by atoms with Gasteiger partial charge in [0, 0.05) is 18.5 Å². The molecule has 0 aliphatic carbocycles. The molecule has 3 heterocycles. The second-order valence-corrected chi connectivity index (χ2v) is 7.16. The number of rotatable bonds is 5. The summed E-state index contributed by atoms with van der Waals surface area (Å²) in [6.07, 6.45) is 2.64. The van der Waals surface area contributed by atoms with Gasteiger partial charge in [0.15, 0.2) is 0 Å². The quantitative estimate of drug-likeness (QED) is 0.559. The minimum Gasteiger partial charge on any atom is -0.368 e. The summed E-state index contributed by atoms with van der Waals surface area (Å²) in [5.74, 6) is 1.75. The van der Waals surface area contributed by atoms with Gasteiger partial charge in [0.2, 0.25) is 0 Å². The summed E-state index contributed by atoms with van der Waals surface area (Å²) >= 11 is 0. The van der Waals surface area contributed by atoms with Gasteiger partial charge in [-0.2, -0.15) is 0 Å². The van der Waals surface area contributed by atoms with Crippen LogP contribution in [0.5, 0.6) is 0 Å². The van der Waals surface area contributed by atoms with Crippen molar-refractivity contribution in [2.24, 2.45) is 0 Å². The van der Waals surface area contributed by atoms with E-state index >= 15 is 0 Å². The van der Waals surface area contributed by atoms with Crippen LogP contribution in [0.1, 0.15) is 12.8 Å². The van der Waals surface area contributed by atoms with Crippen LogP contribution >= 0.6 is 0 Å². The second kappa shape index (κ2) is 7.00. The Labute approximate surface area is 158 Å². The summed E-state index contributed by atoms with van der Waals surface area (Å²) in [6, 6.07) is 18.5. The molecule has 1 aliphatic rings. The number of hydrogen-bond donors (Lipinski definition) is 2. The zero-order valence-corrected chi connectivity index (χ0v) is 15.3. The highest BCUT2D eigenvalue weighted by atomic mass is 15.2. The third-order valence-corrected chi connectivity index (χ3v) is 5.29. The number of imidazole rings is 1. The predicted molar refractivity (Wildman–Crippen MR) is 111 cm³/mol. The van der Waals surface area contributed by atoms with Gasteiger partial charge in [0.05, 0.1) is 22.1 Å².